The summed E-state index contributed by atoms with van der Waals surface area (Å²) in [6, 6.07) is 38.2. The Hall–Kier alpha value is -7.66. The van der Waals surface area contributed by atoms with Crippen LogP contribution in [-0.4, -0.2) is 135 Å². The number of carboxylic acid groups (broad SMARTS) is 4. The molecule has 6 heterocycles. The number of aliphatic carboxylic acids is 1. The highest BCUT2D eigenvalue weighted by Crippen LogP contribution is 2.46. The number of hydrogen-bond donors (Lipinski definition) is 9. The molecule has 7 aromatic rings. The number of aliphatic hydroxyl groups excluding tert-OH is 5. The van der Waals surface area contributed by atoms with Crippen LogP contribution < -0.4 is 14.7 Å². The number of halogens is 1. The van der Waals surface area contributed by atoms with E-state index in [1.54, 1.807) is 28.5 Å². The van der Waals surface area contributed by atoms with Gasteiger partial charge in [0, 0.05) is 87.0 Å². The maximum Gasteiger partial charge on any atom is 0.355 e. The lowest BCUT2D eigenvalue weighted by atomic mass is 9.84. The first kappa shape index (κ1) is 96.8. The number of hydrogen-bond acceptors (Lipinski definition) is 18. The maximum atomic E-state index is 12.5. The molecule has 3 unspecified atom stereocenters. The van der Waals surface area contributed by atoms with Gasteiger partial charge in [-0.15, -0.1) is 45.6 Å². The zero-order chi connectivity index (χ0) is 85.8. The molecule has 4 fully saturated rings. The Morgan fingerprint density at radius 1 is 0.529 bits per heavy atom. The summed E-state index contributed by atoms with van der Waals surface area (Å²) >= 11 is 11.9. The number of benzene rings is 4. The molecular formula is C93H123ClN4O17S4. The number of alkyl halides is 1. The number of aryl methyl sites for hydroxylation is 1. The molecule has 648 valence electrons. The monoisotopic (exact) mass is 1730 g/mol. The molecular weight excluding hydrogens is 1610 g/mol. The molecule has 11 atom stereocenters. The summed E-state index contributed by atoms with van der Waals surface area (Å²) in [5.74, 6) is -2.34. The minimum absolute atomic E-state index is 0.0209. The molecule has 0 bridgehead atoms. The summed E-state index contributed by atoms with van der Waals surface area (Å²) in [5, 5.41) is 89.1. The maximum absolute atomic E-state index is 12.5. The van der Waals surface area contributed by atoms with Gasteiger partial charge in [-0.05, 0) is 191 Å². The number of aliphatic hydroxyl groups is 5. The van der Waals surface area contributed by atoms with Crippen molar-refractivity contribution >= 4 is 116 Å². The summed E-state index contributed by atoms with van der Waals surface area (Å²) in [5.41, 5.74) is 7.34. The summed E-state index contributed by atoms with van der Waals surface area (Å²) in [6.45, 7) is 9.32. The number of carboxylic acids is 4. The Balaban J connectivity index is 0.000000198. The number of carbonyl (C=O) groups is 7. The number of thioether (sulfide) groups is 1. The molecule has 4 aliphatic rings. The first-order valence-corrected chi connectivity index (χ1v) is 46.7. The van der Waals surface area contributed by atoms with E-state index in [2.05, 4.69) is 38.8 Å². The number of aromatic nitrogens is 1. The molecule has 11 rings (SSSR count). The van der Waals surface area contributed by atoms with Crippen molar-refractivity contribution in [3.05, 3.63) is 192 Å². The van der Waals surface area contributed by atoms with Crippen LogP contribution in [0.25, 0.3) is 0 Å². The zero-order valence-corrected chi connectivity index (χ0v) is 73.3. The van der Waals surface area contributed by atoms with Gasteiger partial charge >= 0.3 is 23.9 Å². The van der Waals surface area contributed by atoms with Crippen LogP contribution in [0.2, 0.25) is 0 Å². The normalized spacial score (nSPS) is 19.4. The van der Waals surface area contributed by atoms with E-state index in [0.29, 0.717) is 55.1 Å². The lowest BCUT2D eigenvalue weighted by Gasteiger charge is -2.25. The Kier molecular flexibility index (Phi) is 41.7. The number of ether oxygens (including phenoxy) is 1. The average molecular weight is 1730 g/mol. The molecule has 4 aromatic carbocycles. The fourth-order valence-electron chi connectivity index (χ4n) is 15.8. The predicted octanol–water partition coefficient (Wildman–Crippen LogP) is 21.1. The van der Waals surface area contributed by atoms with Gasteiger partial charge < -0.3 is 65.4 Å². The number of amides is 3. The predicted molar refractivity (Wildman–Crippen MR) is 475 cm³/mol. The second-order valence-electron chi connectivity index (χ2n) is 31.3. The summed E-state index contributed by atoms with van der Waals surface area (Å²) in [7, 11) is 0. The second kappa shape index (κ2) is 51.3. The van der Waals surface area contributed by atoms with E-state index < -0.39 is 54.4 Å². The van der Waals surface area contributed by atoms with Crippen molar-refractivity contribution in [1.29, 1.82) is 0 Å². The zero-order valence-electron chi connectivity index (χ0n) is 69.3. The number of thiophene rings is 2. The van der Waals surface area contributed by atoms with Gasteiger partial charge in [-0.1, -0.05) is 189 Å². The third-order valence-electron chi connectivity index (χ3n) is 22.5. The fraction of sp³-hybridized carbons (Fsp3) is 0.527. The third kappa shape index (κ3) is 30.7. The number of thiazole rings is 1. The molecule has 1 aliphatic carbocycles. The molecule has 26 heteroatoms. The van der Waals surface area contributed by atoms with Crippen LogP contribution in [0.4, 0.5) is 17.1 Å². The third-order valence-corrected chi connectivity index (χ3v) is 27.2. The topological polar surface area (TPSA) is 333 Å². The summed E-state index contributed by atoms with van der Waals surface area (Å²) < 4.78 is 6.54. The standard InChI is InChI=1S/C24H35ClO4.C24H31NO4S.C23H29NO5S.C22H28N2O4S2/c1-2-3-6-10-21(26)17-12-14-18(15-13-17)24-19(20(25)16-22(24)27)9-7-4-5-8-11-23(28)29;1-2-3-4-8-21(26)17-9-11-19(12-10-17)25-18(13-16-23(25)27)6-5-7-20-14-15-22(30-20)24(28)29;1-2-3-4-5-20(25)16-6-8-17(9-7-16)24-18(10-13-22(24)26)14-29-15-19-11-12-21(30-19)23(27)28;1-2-3-4-5-19(25)15-6-8-16(9-7-15)24-17(10-11-20(24)26)12-13-29-22-23-18(14-30-22)21(27)28/h4,7,12-15,19-22,24,26-27H,2-3,5-6,8-11,16H2,1H3,(H,28,29);9-12,14-15,18,21,26H,2-8,13,16H2,1H3,(H,28,29);6-9,11-12,18,20,25H,2-5,10,13-15H2,1H3,(H,27,28);6-9,14,17,19,25H,2-5,10-13H2,1H3,(H,27,28)/b7-4-;;;/t19-,20+,21+,22?,24?;18-,21-;18-,20+;17-,19?/m0011/s1. The van der Waals surface area contributed by atoms with Crippen LogP contribution in [-0.2, 0) is 36.9 Å². The highest BCUT2D eigenvalue weighted by atomic mass is 35.5. The number of unbranched alkanes of at least 4 members (excludes halogenated alkanes) is 9. The Bertz CT molecular complexity index is 3930. The Morgan fingerprint density at radius 2 is 0.958 bits per heavy atom. The second-order valence-corrected chi connectivity index (χ2v) is 36.4. The van der Waals surface area contributed by atoms with Crippen molar-refractivity contribution in [3.63, 3.8) is 0 Å². The van der Waals surface area contributed by atoms with Gasteiger partial charge in [0.1, 0.15) is 9.75 Å². The van der Waals surface area contributed by atoms with Crippen molar-refractivity contribution in [2.45, 2.75) is 298 Å². The van der Waals surface area contributed by atoms with E-state index in [1.165, 1.54) is 45.8 Å². The van der Waals surface area contributed by atoms with Gasteiger partial charge in [0.25, 0.3) is 0 Å². The number of allylic oxidation sites excluding steroid dienone is 2. The van der Waals surface area contributed by atoms with Gasteiger partial charge in [0.2, 0.25) is 17.7 Å². The largest absolute Gasteiger partial charge is 0.481 e. The highest BCUT2D eigenvalue weighted by molar-refractivity contribution is 8.01. The minimum Gasteiger partial charge on any atom is -0.481 e. The van der Waals surface area contributed by atoms with Crippen LogP contribution in [0.5, 0.6) is 0 Å². The van der Waals surface area contributed by atoms with E-state index in [0.717, 1.165) is 225 Å². The lowest BCUT2D eigenvalue weighted by molar-refractivity contribution is -0.137. The van der Waals surface area contributed by atoms with E-state index in [-0.39, 0.29) is 65.2 Å². The average Bonchev–Trinajstić information content (AvgIpc) is 1.78. The first-order chi connectivity index (χ1) is 57.4. The molecule has 0 radical (unpaired) electrons. The molecule has 21 nitrogen and oxygen atoms in total. The van der Waals surface area contributed by atoms with Gasteiger partial charge in [-0.3, -0.25) is 19.2 Å². The quantitative estimate of drug-likeness (QED) is 0.00741. The number of carbonyl (C=O) groups excluding carboxylic acids is 3. The summed E-state index contributed by atoms with van der Waals surface area (Å²) in [4.78, 5) is 93.2. The lowest BCUT2D eigenvalue weighted by Crippen LogP contribution is -2.36. The number of aromatic carboxylic acids is 3. The highest BCUT2D eigenvalue weighted by Gasteiger charge is 2.42. The van der Waals surface area contributed by atoms with E-state index in [9.17, 15) is 59.1 Å². The number of rotatable bonds is 45. The van der Waals surface area contributed by atoms with Crippen molar-refractivity contribution in [2.24, 2.45) is 5.92 Å². The van der Waals surface area contributed by atoms with Gasteiger partial charge in [-0.25, -0.2) is 19.4 Å². The Morgan fingerprint density at radius 3 is 1.39 bits per heavy atom. The van der Waals surface area contributed by atoms with Gasteiger partial charge in [-0.2, -0.15) is 0 Å². The van der Waals surface area contributed by atoms with Crippen molar-refractivity contribution in [3.8, 4) is 0 Å². The molecule has 3 saturated heterocycles. The van der Waals surface area contributed by atoms with Crippen LogP contribution in [0.1, 0.15) is 318 Å². The van der Waals surface area contributed by atoms with Gasteiger partial charge in [0.15, 0.2) is 10.0 Å². The van der Waals surface area contributed by atoms with E-state index >= 15 is 0 Å². The number of nitrogens with zero attached hydrogens (tertiary/aromatic N) is 4. The first-order valence-electron chi connectivity index (χ1n) is 42.7. The van der Waals surface area contributed by atoms with Crippen LogP contribution in [0.3, 0.4) is 0 Å². The van der Waals surface area contributed by atoms with Crippen molar-refractivity contribution in [1.82, 2.24) is 4.98 Å². The fourth-order valence-corrected chi connectivity index (χ4v) is 19.8. The number of anilines is 3. The Labute approximate surface area is 722 Å². The van der Waals surface area contributed by atoms with E-state index in [4.69, 9.17) is 36.8 Å². The SMILES string of the molecule is CCCCCC(O)c1ccc(N2C(=O)CC[C@@H]2CCSc2nc(C(=O)O)cs2)cc1.CCCCC[C@@H](O)c1ccc(C2C(O)C[C@@H](Cl)[C@@H]2C/C=C\CCCC(=O)O)cc1.CCCCC[C@H](O)c1ccc(N2C(=O)CC[C@@H]2CCCc2ccc(C(=O)O)s2)cc1.CCCCC[C@H](O)c1ccc(N2C(=O)CC[C@@H]2COCc2ccc(C(=O)O)s2)cc1. The minimum atomic E-state index is -1.01. The van der Waals surface area contributed by atoms with Crippen LogP contribution in [0.15, 0.2) is 143 Å². The molecule has 9 N–H and O–H groups in total. The van der Waals surface area contributed by atoms with Crippen molar-refractivity contribution in [2.75, 3.05) is 27.1 Å². The van der Waals surface area contributed by atoms with E-state index in [1.807, 2.05) is 119 Å². The van der Waals surface area contributed by atoms with Crippen LogP contribution >= 0.6 is 57.4 Å². The van der Waals surface area contributed by atoms with Gasteiger partial charge in [0.05, 0.1) is 49.8 Å². The molecule has 119 heavy (non-hydrogen) atoms. The molecule has 1 saturated carbocycles. The molecule has 3 amide bonds. The van der Waals surface area contributed by atoms with Crippen LogP contribution in [0, 0.1) is 5.92 Å². The molecule has 0 spiro atoms. The summed E-state index contributed by atoms with van der Waals surface area (Å²) in [6.07, 6.45) is 28.3. The smallest absolute Gasteiger partial charge is 0.355 e. The van der Waals surface area contributed by atoms with Crippen molar-refractivity contribution < 1.29 is 84.3 Å². The molecule has 3 aliphatic heterocycles. The molecule has 3 aromatic heterocycles.